The first-order valence-corrected chi connectivity index (χ1v) is 9.79. The van der Waals surface area contributed by atoms with Crippen molar-refractivity contribution >= 4 is 6.03 Å². The van der Waals surface area contributed by atoms with Crippen molar-refractivity contribution in [3.05, 3.63) is 65.5 Å². The number of amides is 2. The minimum absolute atomic E-state index is 0.225. The number of nitrogens with one attached hydrogen (secondary N) is 2. The monoisotopic (exact) mass is 403 g/mol. The molecule has 2 aromatic rings. The van der Waals surface area contributed by atoms with E-state index < -0.39 is 6.67 Å². The van der Waals surface area contributed by atoms with Gasteiger partial charge >= 0.3 is 6.03 Å². The second kappa shape index (κ2) is 10.2. The molecule has 3 rings (SSSR count). The van der Waals surface area contributed by atoms with Crippen molar-refractivity contribution in [2.24, 2.45) is 5.92 Å². The van der Waals surface area contributed by atoms with Crippen LogP contribution in [0.15, 0.2) is 48.5 Å². The van der Waals surface area contributed by atoms with Gasteiger partial charge in [-0.1, -0.05) is 24.3 Å². The highest BCUT2D eigenvalue weighted by molar-refractivity contribution is 5.74. The molecule has 5 nitrogen and oxygen atoms in total. The van der Waals surface area contributed by atoms with E-state index in [0.717, 1.165) is 23.4 Å². The average Bonchev–Trinajstić information content (AvgIpc) is 2.77. The smallest absolute Gasteiger partial charge is 0.318 e. The lowest BCUT2D eigenvalue weighted by Gasteiger charge is -2.39. The largest absolute Gasteiger partial charge is 0.497 e. The maximum Gasteiger partial charge on any atom is 0.318 e. The number of urea groups is 1. The summed E-state index contributed by atoms with van der Waals surface area (Å²) in [7, 11) is 1.59. The number of rotatable bonds is 7. The molecule has 1 aliphatic rings. The molecule has 0 spiro atoms. The minimum Gasteiger partial charge on any atom is -0.497 e. The lowest BCUT2D eigenvalue weighted by molar-refractivity contribution is 0.108. The summed E-state index contributed by atoms with van der Waals surface area (Å²) in [6.07, 6.45) is 0.669. The lowest BCUT2D eigenvalue weighted by atomic mass is 9.92. The zero-order valence-corrected chi connectivity index (χ0v) is 16.5. The zero-order chi connectivity index (χ0) is 20.6. The van der Waals surface area contributed by atoms with Gasteiger partial charge in [0.25, 0.3) is 0 Å². The predicted octanol–water partition coefficient (Wildman–Crippen LogP) is 3.49. The van der Waals surface area contributed by atoms with Crippen LogP contribution in [0, 0.1) is 11.7 Å². The van der Waals surface area contributed by atoms with Crippen molar-refractivity contribution in [3.63, 3.8) is 0 Å². The fraction of sp³-hybridized carbons (Fsp3) is 0.409. The van der Waals surface area contributed by atoms with E-state index >= 15 is 0 Å². The molecular formula is C22H27F2N3O2. The second-order valence-electron chi connectivity index (χ2n) is 7.24. The van der Waals surface area contributed by atoms with Crippen molar-refractivity contribution in [2.45, 2.75) is 25.6 Å². The maximum absolute atomic E-state index is 13.6. The van der Waals surface area contributed by atoms with Gasteiger partial charge in [-0.3, -0.25) is 4.39 Å². The van der Waals surface area contributed by atoms with Crippen molar-refractivity contribution in [2.75, 3.05) is 26.9 Å². The molecule has 2 amide bonds. The van der Waals surface area contributed by atoms with Crippen LogP contribution >= 0.6 is 0 Å². The Morgan fingerprint density at radius 1 is 1.24 bits per heavy atom. The molecule has 1 heterocycles. The summed E-state index contributed by atoms with van der Waals surface area (Å²) in [6.45, 7) is 1.39. The Balaban J connectivity index is 1.75. The summed E-state index contributed by atoms with van der Waals surface area (Å²) < 4.78 is 32.1. The molecule has 0 bridgehead atoms. The summed E-state index contributed by atoms with van der Waals surface area (Å²) in [4.78, 5) is 14.7. The highest BCUT2D eigenvalue weighted by Crippen LogP contribution is 2.22. The Morgan fingerprint density at radius 2 is 2.03 bits per heavy atom. The third kappa shape index (κ3) is 5.67. The minimum atomic E-state index is -0.499. The molecule has 1 aliphatic heterocycles. The van der Waals surface area contributed by atoms with Gasteiger partial charge in [0.1, 0.15) is 11.6 Å². The fourth-order valence-corrected chi connectivity index (χ4v) is 3.66. The highest BCUT2D eigenvalue weighted by atomic mass is 19.1. The standard InChI is InChI=1S/C22H27F2N3O2/c1-29-20-4-2-3-17(11-20)13-26-22(28)27(15-16-5-7-19(24)8-6-16)21-9-10-25-14-18(21)12-23/h2-8,11,18,21,25H,9-10,12-15H2,1H3,(H,26,28)/t18-,21+/m1/s1. The van der Waals surface area contributed by atoms with Crippen molar-refractivity contribution in [1.82, 2.24) is 15.5 Å². The molecule has 1 saturated heterocycles. The van der Waals surface area contributed by atoms with Gasteiger partial charge in [-0.2, -0.15) is 0 Å². The van der Waals surface area contributed by atoms with Gasteiger partial charge in [0.15, 0.2) is 0 Å². The Morgan fingerprint density at radius 3 is 2.76 bits per heavy atom. The number of nitrogens with zero attached hydrogens (tertiary/aromatic N) is 1. The van der Waals surface area contributed by atoms with Crippen molar-refractivity contribution < 1.29 is 18.3 Å². The normalized spacial score (nSPS) is 18.9. The number of piperidine rings is 1. The van der Waals surface area contributed by atoms with Crippen LogP contribution in [-0.4, -0.2) is 43.8 Å². The van der Waals surface area contributed by atoms with Gasteiger partial charge in [0.05, 0.1) is 13.8 Å². The number of ether oxygens (including phenoxy) is 1. The van der Waals surface area contributed by atoms with E-state index in [1.807, 2.05) is 24.3 Å². The van der Waals surface area contributed by atoms with Crippen LogP contribution in [0.1, 0.15) is 17.5 Å². The molecule has 0 aromatic heterocycles. The Kier molecular flexibility index (Phi) is 7.41. The van der Waals surface area contributed by atoms with Crippen LogP contribution < -0.4 is 15.4 Å². The number of methoxy groups -OCH3 is 1. The number of carbonyl (C=O) groups excluding carboxylic acids is 1. The first-order valence-electron chi connectivity index (χ1n) is 9.79. The van der Waals surface area contributed by atoms with E-state index in [-0.39, 0.29) is 23.8 Å². The van der Waals surface area contributed by atoms with Gasteiger partial charge in [-0.05, 0) is 48.4 Å². The molecule has 7 heteroatoms. The molecule has 2 N–H and O–H groups in total. The van der Waals surface area contributed by atoms with Gasteiger partial charge in [0, 0.05) is 31.6 Å². The van der Waals surface area contributed by atoms with Gasteiger partial charge in [-0.25, -0.2) is 9.18 Å². The fourth-order valence-electron chi connectivity index (χ4n) is 3.66. The summed E-state index contributed by atoms with van der Waals surface area (Å²) in [5.74, 6) is 0.119. The number of alkyl halides is 1. The van der Waals surface area contributed by atoms with Crippen LogP contribution in [0.4, 0.5) is 13.6 Å². The van der Waals surface area contributed by atoms with E-state index in [1.54, 1.807) is 24.1 Å². The van der Waals surface area contributed by atoms with Crippen LogP contribution in [0.25, 0.3) is 0 Å². The number of hydrogen-bond donors (Lipinski definition) is 2. The average molecular weight is 403 g/mol. The molecular weight excluding hydrogens is 376 g/mol. The third-order valence-corrected chi connectivity index (χ3v) is 5.27. The van der Waals surface area contributed by atoms with Crippen LogP contribution in [-0.2, 0) is 13.1 Å². The molecule has 0 radical (unpaired) electrons. The second-order valence-corrected chi connectivity index (χ2v) is 7.24. The van der Waals surface area contributed by atoms with Crippen molar-refractivity contribution in [3.8, 4) is 5.75 Å². The first kappa shape index (κ1) is 21.0. The summed E-state index contributed by atoms with van der Waals surface area (Å²) in [6, 6.07) is 13.0. The number of carbonyl (C=O) groups is 1. The quantitative estimate of drug-likeness (QED) is 0.744. The zero-order valence-electron chi connectivity index (χ0n) is 16.5. The maximum atomic E-state index is 13.6. The Bertz CT molecular complexity index is 801. The Hall–Kier alpha value is -2.67. The summed E-state index contributed by atoms with van der Waals surface area (Å²) in [5.41, 5.74) is 1.71. The summed E-state index contributed by atoms with van der Waals surface area (Å²) in [5, 5.41) is 6.13. The molecule has 2 aromatic carbocycles. The predicted molar refractivity (Wildman–Crippen MR) is 108 cm³/mol. The van der Waals surface area contributed by atoms with Crippen LogP contribution in [0.2, 0.25) is 0 Å². The van der Waals surface area contributed by atoms with E-state index in [1.165, 1.54) is 12.1 Å². The molecule has 29 heavy (non-hydrogen) atoms. The third-order valence-electron chi connectivity index (χ3n) is 5.27. The number of halogens is 2. The SMILES string of the molecule is COc1cccc(CNC(=O)N(Cc2ccc(F)cc2)[C@H]2CCNC[C@H]2CF)c1. The number of hydrogen-bond acceptors (Lipinski definition) is 3. The van der Waals surface area contributed by atoms with Crippen LogP contribution in [0.5, 0.6) is 5.75 Å². The van der Waals surface area contributed by atoms with E-state index in [9.17, 15) is 13.6 Å². The molecule has 2 atom stereocenters. The molecule has 0 aliphatic carbocycles. The molecule has 1 fully saturated rings. The highest BCUT2D eigenvalue weighted by Gasteiger charge is 2.33. The number of benzene rings is 2. The van der Waals surface area contributed by atoms with Gasteiger partial charge < -0.3 is 20.3 Å². The lowest BCUT2D eigenvalue weighted by Crippen LogP contribution is -2.54. The van der Waals surface area contributed by atoms with E-state index in [0.29, 0.717) is 26.1 Å². The van der Waals surface area contributed by atoms with E-state index in [2.05, 4.69) is 10.6 Å². The van der Waals surface area contributed by atoms with Gasteiger partial charge in [0.2, 0.25) is 0 Å². The van der Waals surface area contributed by atoms with E-state index in [4.69, 9.17) is 4.74 Å². The molecule has 0 saturated carbocycles. The molecule has 0 unspecified atom stereocenters. The molecule has 156 valence electrons. The summed E-state index contributed by atoms with van der Waals surface area (Å²) >= 11 is 0. The first-order chi connectivity index (χ1) is 14.1. The van der Waals surface area contributed by atoms with Crippen molar-refractivity contribution in [1.29, 1.82) is 0 Å². The Labute approximate surface area is 170 Å². The van der Waals surface area contributed by atoms with Crippen LogP contribution in [0.3, 0.4) is 0 Å². The topological polar surface area (TPSA) is 53.6 Å². The van der Waals surface area contributed by atoms with Gasteiger partial charge in [-0.15, -0.1) is 0 Å².